The molecule has 5 nitrogen and oxygen atoms in total. The molecule has 0 aromatic carbocycles. The summed E-state index contributed by atoms with van der Waals surface area (Å²) in [5.74, 6) is 0. The van der Waals surface area contributed by atoms with Gasteiger partial charge < -0.3 is 10.3 Å². The number of nitrogens with zero attached hydrogens (tertiary/aromatic N) is 4. The van der Waals surface area contributed by atoms with Crippen molar-refractivity contribution in [3.63, 3.8) is 0 Å². The summed E-state index contributed by atoms with van der Waals surface area (Å²) < 4.78 is 1.78. The molecule has 2 aromatic rings. The van der Waals surface area contributed by atoms with E-state index in [4.69, 9.17) is 17.3 Å². The number of anilines is 1. The Morgan fingerprint density at radius 2 is 2.27 bits per heavy atom. The summed E-state index contributed by atoms with van der Waals surface area (Å²) in [5.41, 5.74) is 6.33. The molecule has 2 rings (SSSR count). The first kappa shape index (κ1) is 10.3. The SMILES string of the molecule is Cn1cnnc1Sc1nc(Cl)ccc1N. The van der Waals surface area contributed by atoms with Gasteiger partial charge in [-0.2, -0.15) is 0 Å². The molecule has 0 saturated carbocycles. The van der Waals surface area contributed by atoms with E-state index in [0.29, 0.717) is 15.9 Å². The van der Waals surface area contributed by atoms with Gasteiger partial charge in [-0.1, -0.05) is 11.6 Å². The van der Waals surface area contributed by atoms with Crippen LogP contribution in [-0.4, -0.2) is 19.7 Å². The molecule has 0 radical (unpaired) electrons. The summed E-state index contributed by atoms with van der Waals surface area (Å²) in [4.78, 5) is 4.11. The second kappa shape index (κ2) is 4.08. The van der Waals surface area contributed by atoms with Crippen LogP contribution in [0.3, 0.4) is 0 Å². The van der Waals surface area contributed by atoms with Gasteiger partial charge in [0.2, 0.25) is 0 Å². The third kappa shape index (κ3) is 2.21. The minimum Gasteiger partial charge on any atom is -0.397 e. The lowest BCUT2D eigenvalue weighted by atomic mass is 10.4. The van der Waals surface area contributed by atoms with Crippen LogP contribution in [0.5, 0.6) is 0 Å². The van der Waals surface area contributed by atoms with Gasteiger partial charge in [-0.15, -0.1) is 10.2 Å². The van der Waals surface area contributed by atoms with Crippen LogP contribution in [-0.2, 0) is 7.05 Å². The first-order chi connectivity index (χ1) is 7.16. The summed E-state index contributed by atoms with van der Waals surface area (Å²) in [7, 11) is 1.85. The molecular formula is C8H8ClN5S. The van der Waals surface area contributed by atoms with E-state index in [1.807, 2.05) is 7.05 Å². The molecular weight excluding hydrogens is 234 g/mol. The predicted octanol–water partition coefficient (Wildman–Crippen LogP) is 1.60. The third-order valence-electron chi connectivity index (χ3n) is 1.71. The number of nitrogens with two attached hydrogens (primary N) is 1. The zero-order chi connectivity index (χ0) is 10.8. The van der Waals surface area contributed by atoms with E-state index in [1.54, 1.807) is 23.0 Å². The van der Waals surface area contributed by atoms with Gasteiger partial charge in [0, 0.05) is 7.05 Å². The summed E-state index contributed by atoms with van der Waals surface area (Å²) in [6, 6.07) is 3.37. The maximum Gasteiger partial charge on any atom is 0.197 e. The standard InChI is InChI=1S/C8H8ClN5S/c1-14-4-11-13-8(14)15-7-5(10)2-3-6(9)12-7/h2-4H,10H2,1H3. The molecule has 78 valence electrons. The van der Waals surface area contributed by atoms with Crippen molar-refractivity contribution in [3.05, 3.63) is 23.6 Å². The molecule has 0 bridgehead atoms. The van der Waals surface area contributed by atoms with E-state index in [1.165, 1.54) is 11.8 Å². The van der Waals surface area contributed by atoms with Crippen molar-refractivity contribution < 1.29 is 0 Å². The van der Waals surface area contributed by atoms with E-state index in [-0.39, 0.29) is 0 Å². The van der Waals surface area contributed by atoms with Crippen LogP contribution in [0.15, 0.2) is 28.6 Å². The van der Waals surface area contributed by atoms with Crippen molar-refractivity contribution in [2.24, 2.45) is 7.05 Å². The van der Waals surface area contributed by atoms with Gasteiger partial charge in [-0.3, -0.25) is 0 Å². The van der Waals surface area contributed by atoms with Crippen molar-refractivity contribution in [2.75, 3.05) is 5.73 Å². The molecule has 7 heteroatoms. The number of pyridine rings is 1. The lowest BCUT2D eigenvalue weighted by Crippen LogP contribution is -1.94. The summed E-state index contributed by atoms with van der Waals surface area (Å²) in [6.07, 6.45) is 1.61. The average molecular weight is 242 g/mol. The fraction of sp³-hybridized carbons (Fsp3) is 0.125. The largest absolute Gasteiger partial charge is 0.397 e. The van der Waals surface area contributed by atoms with Crippen LogP contribution in [0, 0.1) is 0 Å². The fourth-order valence-electron chi connectivity index (χ4n) is 0.962. The minimum absolute atomic E-state index is 0.411. The van der Waals surface area contributed by atoms with Crippen LogP contribution in [0.25, 0.3) is 0 Å². The Balaban J connectivity index is 2.32. The van der Waals surface area contributed by atoms with Crippen molar-refractivity contribution in [3.8, 4) is 0 Å². The van der Waals surface area contributed by atoms with Crippen molar-refractivity contribution >= 4 is 29.1 Å². The van der Waals surface area contributed by atoms with E-state index in [2.05, 4.69) is 15.2 Å². The van der Waals surface area contributed by atoms with E-state index in [0.717, 1.165) is 5.16 Å². The molecule has 0 amide bonds. The molecule has 15 heavy (non-hydrogen) atoms. The number of hydrogen-bond donors (Lipinski definition) is 1. The van der Waals surface area contributed by atoms with Gasteiger partial charge >= 0.3 is 0 Å². The first-order valence-electron chi connectivity index (χ1n) is 4.10. The highest BCUT2D eigenvalue weighted by Crippen LogP contribution is 2.29. The number of aryl methyl sites for hydroxylation is 1. The normalized spacial score (nSPS) is 10.5. The van der Waals surface area contributed by atoms with Gasteiger partial charge in [-0.05, 0) is 23.9 Å². The molecule has 0 aliphatic rings. The number of rotatable bonds is 2. The molecule has 2 aromatic heterocycles. The molecule has 0 spiro atoms. The van der Waals surface area contributed by atoms with Crippen molar-refractivity contribution in [2.45, 2.75) is 10.2 Å². The molecule has 0 aliphatic heterocycles. The molecule has 2 N–H and O–H groups in total. The molecule has 0 unspecified atom stereocenters. The lowest BCUT2D eigenvalue weighted by molar-refractivity contribution is 0.787. The summed E-state index contributed by atoms with van der Waals surface area (Å²) in [5, 5.41) is 9.45. The number of hydrogen-bond acceptors (Lipinski definition) is 5. The van der Waals surface area contributed by atoms with Gasteiger partial charge in [0.1, 0.15) is 16.5 Å². The molecule has 0 atom stereocenters. The smallest absolute Gasteiger partial charge is 0.197 e. The third-order valence-corrected chi connectivity index (χ3v) is 3.00. The van der Waals surface area contributed by atoms with Gasteiger partial charge in [0.25, 0.3) is 0 Å². The number of nitrogen functional groups attached to an aromatic ring is 1. The van der Waals surface area contributed by atoms with E-state index >= 15 is 0 Å². The van der Waals surface area contributed by atoms with Crippen LogP contribution in [0.2, 0.25) is 5.15 Å². The zero-order valence-corrected chi connectivity index (χ0v) is 9.46. The molecule has 0 fully saturated rings. The Morgan fingerprint density at radius 3 is 2.93 bits per heavy atom. The van der Waals surface area contributed by atoms with Gasteiger partial charge in [0.15, 0.2) is 5.16 Å². The molecule has 0 saturated heterocycles. The summed E-state index contributed by atoms with van der Waals surface area (Å²) >= 11 is 7.10. The van der Waals surface area contributed by atoms with Crippen LogP contribution < -0.4 is 5.73 Å². The minimum atomic E-state index is 0.411. The fourth-order valence-corrected chi connectivity index (χ4v) is 1.94. The predicted molar refractivity (Wildman–Crippen MR) is 58.8 cm³/mol. The number of halogens is 1. The van der Waals surface area contributed by atoms with Crippen molar-refractivity contribution in [1.29, 1.82) is 0 Å². The van der Waals surface area contributed by atoms with Crippen LogP contribution in [0.1, 0.15) is 0 Å². The topological polar surface area (TPSA) is 69.6 Å². The Hall–Kier alpha value is -1.27. The molecule has 2 heterocycles. The van der Waals surface area contributed by atoms with Crippen molar-refractivity contribution in [1.82, 2.24) is 19.7 Å². The highest BCUT2D eigenvalue weighted by Gasteiger charge is 2.08. The summed E-state index contributed by atoms with van der Waals surface area (Å²) in [6.45, 7) is 0. The Bertz CT molecular complexity index is 484. The van der Waals surface area contributed by atoms with E-state index < -0.39 is 0 Å². The first-order valence-corrected chi connectivity index (χ1v) is 5.30. The maximum absolute atomic E-state index is 5.77. The highest BCUT2D eigenvalue weighted by atomic mass is 35.5. The monoisotopic (exact) mass is 241 g/mol. The lowest BCUT2D eigenvalue weighted by Gasteiger charge is -2.03. The maximum atomic E-state index is 5.77. The van der Waals surface area contributed by atoms with E-state index in [9.17, 15) is 0 Å². The Morgan fingerprint density at radius 1 is 1.47 bits per heavy atom. The van der Waals surface area contributed by atoms with Crippen LogP contribution >= 0.6 is 23.4 Å². The van der Waals surface area contributed by atoms with Crippen LogP contribution in [0.4, 0.5) is 5.69 Å². The number of aromatic nitrogens is 4. The average Bonchev–Trinajstić information content (AvgIpc) is 2.58. The van der Waals surface area contributed by atoms with Gasteiger partial charge in [0.05, 0.1) is 5.69 Å². The van der Waals surface area contributed by atoms with Gasteiger partial charge in [-0.25, -0.2) is 4.98 Å². The highest BCUT2D eigenvalue weighted by molar-refractivity contribution is 7.99. The zero-order valence-electron chi connectivity index (χ0n) is 7.88. The second-order valence-electron chi connectivity index (χ2n) is 2.85. The molecule has 0 aliphatic carbocycles. The Labute approximate surface area is 95.7 Å². The quantitative estimate of drug-likeness (QED) is 0.809. The Kier molecular flexibility index (Phi) is 2.79. The second-order valence-corrected chi connectivity index (χ2v) is 4.20.